The highest BCUT2D eigenvalue weighted by atomic mass is 19.4. The molecule has 4 aliphatic rings. The lowest BCUT2D eigenvalue weighted by Crippen LogP contribution is -2.52. The molecule has 5 atom stereocenters. The Labute approximate surface area is 243 Å². The Bertz CT molecular complexity index is 1160. The Hall–Kier alpha value is -2.48. The average Bonchev–Trinajstić information content (AvgIpc) is 3.46. The van der Waals surface area contributed by atoms with Gasteiger partial charge in [0.1, 0.15) is 0 Å². The van der Waals surface area contributed by atoms with E-state index in [4.69, 9.17) is 14.2 Å². The van der Waals surface area contributed by atoms with Gasteiger partial charge in [-0.15, -0.1) is 0 Å². The number of aromatic nitrogens is 1. The molecule has 3 fully saturated rings. The second-order valence-corrected chi connectivity index (χ2v) is 12.8. The average molecular weight is 599 g/mol. The highest BCUT2D eigenvalue weighted by molar-refractivity contribution is 5.86. The maximum absolute atomic E-state index is 14.4. The lowest BCUT2D eigenvalue weighted by Gasteiger charge is -2.37. The zero-order valence-corrected chi connectivity index (χ0v) is 24.4. The van der Waals surface area contributed by atoms with E-state index in [1.165, 1.54) is 0 Å². The Balaban J connectivity index is 1.34. The molecule has 1 saturated carbocycles. The minimum absolute atomic E-state index is 0.00336. The Kier molecular flexibility index (Phi) is 8.77. The van der Waals surface area contributed by atoms with Gasteiger partial charge < -0.3 is 34.4 Å². The summed E-state index contributed by atoms with van der Waals surface area (Å²) in [4.78, 5) is 34.6. The topological polar surface area (TPSA) is 113 Å². The van der Waals surface area contributed by atoms with E-state index in [-0.39, 0.29) is 56.1 Å². The normalized spacial score (nSPS) is 29.8. The van der Waals surface area contributed by atoms with Gasteiger partial charge in [0.2, 0.25) is 5.91 Å². The fourth-order valence-electron chi connectivity index (χ4n) is 6.95. The van der Waals surface area contributed by atoms with Gasteiger partial charge in [0.15, 0.2) is 0 Å². The van der Waals surface area contributed by atoms with Gasteiger partial charge in [0.25, 0.3) is 0 Å². The molecular formula is C29H41F3N4O6. The number of nitrogens with zero attached hydrogens (tertiary/aromatic N) is 3. The predicted octanol–water partition coefficient (Wildman–Crippen LogP) is 2.76. The molecule has 2 N–H and O–H groups in total. The molecule has 3 aliphatic heterocycles. The van der Waals surface area contributed by atoms with E-state index < -0.39 is 28.8 Å². The number of aliphatic hydroxyl groups is 1. The van der Waals surface area contributed by atoms with Gasteiger partial charge in [-0.1, -0.05) is 0 Å². The minimum Gasteiger partial charge on any atom is -0.449 e. The zero-order chi connectivity index (χ0) is 30.3. The van der Waals surface area contributed by atoms with Crippen molar-refractivity contribution >= 4 is 12.0 Å². The number of rotatable bonds is 7. The number of carbonyl (C=O) groups is 2. The van der Waals surface area contributed by atoms with Crippen molar-refractivity contribution in [3.05, 3.63) is 29.1 Å². The van der Waals surface area contributed by atoms with E-state index in [1.54, 1.807) is 30.8 Å². The van der Waals surface area contributed by atoms with Crippen molar-refractivity contribution in [2.45, 2.75) is 82.5 Å². The largest absolute Gasteiger partial charge is 0.449 e. The van der Waals surface area contributed by atoms with E-state index in [2.05, 4.69) is 10.3 Å². The fourth-order valence-corrected chi connectivity index (χ4v) is 6.95. The molecule has 4 heterocycles. The van der Waals surface area contributed by atoms with Crippen LogP contribution in [-0.2, 0) is 38.1 Å². The van der Waals surface area contributed by atoms with Crippen LogP contribution in [0, 0.1) is 11.3 Å². The van der Waals surface area contributed by atoms with Crippen molar-refractivity contribution in [2.24, 2.45) is 11.3 Å². The first-order valence-corrected chi connectivity index (χ1v) is 14.6. The van der Waals surface area contributed by atoms with Crippen molar-refractivity contribution in [1.82, 2.24) is 20.1 Å². The third-order valence-corrected chi connectivity index (χ3v) is 9.21. The number of hydrogen-bond donors (Lipinski definition) is 2. The standard InChI is InChI=1S/C29H41F3N4O6/c1-27(2,39)6-9-42-26(38)36-15-20-11-21(34-23-5-8-41-16-24(23)40-3)12-28(20,17-36)25(37)35-7-4-22-18(14-35)10-19(13-33-22)29(30,31)32/h10,13,20-21,23-24,34,39H,4-9,11-12,14-17H2,1-3H3/t20-,21+,23?,24?,28-/m0/s1. The first-order chi connectivity index (χ1) is 19.8. The molecule has 2 amide bonds. The molecule has 0 bridgehead atoms. The number of likely N-dealkylation sites (tertiary alicyclic amines) is 1. The van der Waals surface area contributed by atoms with Crippen molar-refractivity contribution in [1.29, 1.82) is 0 Å². The monoisotopic (exact) mass is 598 g/mol. The summed E-state index contributed by atoms with van der Waals surface area (Å²) < 4.78 is 56.8. The summed E-state index contributed by atoms with van der Waals surface area (Å²) >= 11 is 0. The van der Waals surface area contributed by atoms with Crippen LogP contribution < -0.4 is 5.32 Å². The fraction of sp³-hybridized carbons (Fsp3) is 0.759. The molecule has 2 saturated heterocycles. The van der Waals surface area contributed by atoms with Crippen LogP contribution in [0.15, 0.2) is 12.3 Å². The number of carbonyl (C=O) groups excluding carboxylic acids is 2. The maximum atomic E-state index is 14.4. The second kappa shape index (κ2) is 11.9. The Morgan fingerprint density at radius 2 is 2.07 bits per heavy atom. The van der Waals surface area contributed by atoms with E-state index in [9.17, 15) is 27.9 Å². The molecule has 42 heavy (non-hydrogen) atoms. The van der Waals surface area contributed by atoms with E-state index >= 15 is 0 Å². The van der Waals surface area contributed by atoms with Crippen LogP contribution in [0.5, 0.6) is 0 Å². The van der Waals surface area contributed by atoms with Crippen LogP contribution in [0.4, 0.5) is 18.0 Å². The molecule has 1 aromatic rings. The number of amides is 2. The quantitative estimate of drug-likeness (QED) is 0.493. The highest BCUT2D eigenvalue weighted by Crippen LogP contribution is 2.51. The Morgan fingerprint density at radius 1 is 1.29 bits per heavy atom. The van der Waals surface area contributed by atoms with Crippen LogP contribution in [0.1, 0.15) is 56.4 Å². The Morgan fingerprint density at radius 3 is 2.79 bits per heavy atom. The van der Waals surface area contributed by atoms with Crippen molar-refractivity contribution in [3.8, 4) is 0 Å². The molecule has 13 heteroatoms. The molecule has 0 radical (unpaired) electrons. The first-order valence-electron chi connectivity index (χ1n) is 14.6. The smallest absolute Gasteiger partial charge is 0.417 e. The molecule has 5 rings (SSSR count). The van der Waals surface area contributed by atoms with Gasteiger partial charge >= 0.3 is 12.3 Å². The van der Waals surface area contributed by atoms with Gasteiger partial charge in [-0.3, -0.25) is 9.78 Å². The van der Waals surface area contributed by atoms with Crippen molar-refractivity contribution in [3.63, 3.8) is 0 Å². The van der Waals surface area contributed by atoms with Crippen LogP contribution in [0.3, 0.4) is 0 Å². The predicted molar refractivity (Wildman–Crippen MR) is 144 cm³/mol. The molecule has 1 aromatic heterocycles. The number of nitrogens with one attached hydrogen (secondary N) is 1. The molecule has 234 valence electrons. The molecule has 0 aromatic carbocycles. The SMILES string of the molecule is COC1COCCC1N[C@@H]1C[C@H]2CN(C(=O)OCCC(C)(C)O)C[C@@]2(C(=O)N2CCc3ncc(C(F)(F)F)cc3C2)C1. The molecule has 10 nitrogen and oxygen atoms in total. The summed E-state index contributed by atoms with van der Waals surface area (Å²) in [5, 5.41) is 13.7. The summed E-state index contributed by atoms with van der Waals surface area (Å²) in [6.45, 7) is 5.32. The summed E-state index contributed by atoms with van der Waals surface area (Å²) in [5.74, 6) is -0.298. The number of alkyl halides is 3. The lowest BCUT2D eigenvalue weighted by atomic mass is 9.78. The number of halogens is 3. The van der Waals surface area contributed by atoms with Gasteiger partial charge in [0.05, 0.1) is 35.9 Å². The number of methoxy groups -OCH3 is 1. The first kappa shape index (κ1) is 31.0. The van der Waals surface area contributed by atoms with Crippen molar-refractivity contribution in [2.75, 3.05) is 46.6 Å². The maximum Gasteiger partial charge on any atom is 0.417 e. The number of fused-ring (bicyclic) bond motifs is 2. The second-order valence-electron chi connectivity index (χ2n) is 12.8. The number of hydrogen-bond acceptors (Lipinski definition) is 8. The van der Waals surface area contributed by atoms with E-state index in [0.29, 0.717) is 56.8 Å². The molecule has 1 aliphatic carbocycles. The number of ether oxygens (including phenoxy) is 3. The van der Waals surface area contributed by atoms with Gasteiger partial charge in [-0.2, -0.15) is 13.2 Å². The molecule has 0 spiro atoms. The van der Waals surface area contributed by atoms with Crippen LogP contribution in [-0.4, -0.2) is 102 Å². The number of pyridine rings is 1. The summed E-state index contributed by atoms with van der Waals surface area (Å²) in [7, 11) is 1.65. The van der Waals surface area contributed by atoms with Crippen LogP contribution in [0.2, 0.25) is 0 Å². The lowest BCUT2D eigenvalue weighted by molar-refractivity contribution is -0.143. The van der Waals surface area contributed by atoms with Gasteiger partial charge in [0, 0.05) is 76.7 Å². The van der Waals surface area contributed by atoms with Gasteiger partial charge in [-0.25, -0.2) is 4.79 Å². The van der Waals surface area contributed by atoms with E-state index in [0.717, 1.165) is 18.7 Å². The van der Waals surface area contributed by atoms with Crippen LogP contribution >= 0.6 is 0 Å². The van der Waals surface area contributed by atoms with Crippen molar-refractivity contribution < 1.29 is 42.1 Å². The third kappa shape index (κ3) is 6.53. The summed E-state index contributed by atoms with van der Waals surface area (Å²) in [6.07, 6.45) is -1.75. The molecular weight excluding hydrogens is 557 g/mol. The van der Waals surface area contributed by atoms with Crippen LogP contribution in [0.25, 0.3) is 0 Å². The zero-order valence-electron chi connectivity index (χ0n) is 24.4. The van der Waals surface area contributed by atoms with E-state index in [1.807, 2.05) is 0 Å². The molecule has 2 unspecified atom stereocenters. The summed E-state index contributed by atoms with van der Waals surface area (Å²) in [6, 6.07) is 1.16. The third-order valence-electron chi connectivity index (χ3n) is 9.21. The van der Waals surface area contributed by atoms with Gasteiger partial charge in [-0.05, 0) is 50.7 Å². The minimum atomic E-state index is -4.52. The summed E-state index contributed by atoms with van der Waals surface area (Å²) in [5.41, 5.74) is -1.74. The highest BCUT2D eigenvalue weighted by Gasteiger charge is 2.60.